The molecule has 176 valence electrons. The van der Waals surface area contributed by atoms with E-state index in [1.54, 1.807) is 13.0 Å². The zero-order valence-corrected chi connectivity index (χ0v) is 18.6. The minimum absolute atomic E-state index is 0.112. The monoisotopic (exact) mass is 469 g/mol. The lowest BCUT2D eigenvalue weighted by Gasteiger charge is -2.36. The highest BCUT2D eigenvalue weighted by molar-refractivity contribution is 5.81. The Bertz CT molecular complexity index is 1290. The van der Waals surface area contributed by atoms with Crippen LogP contribution >= 0.6 is 0 Å². The average molecular weight is 469 g/mol. The summed E-state index contributed by atoms with van der Waals surface area (Å²) in [5.74, 6) is 0.0488. The molecule has 2 aromatic carbocycles. The van der Waals surface area contributed by atoms with Crippen LogP contribution in [-0.4, -0.2) is 45.7 Å². The largest absolute Gasteiger partial charge is 0.435 e. The number of hydrogen-bond acceptors (Lipinski definition) is 4. The van der Waals surface area contributed by atoms with E-state index in [1.165, 1.54) is 22.2 Å². The van der Waals surface area contributed by atoms with Gasteiger partial charge in [0, 0.05) is 44.5 Å². The van der Waals surface area contributed by atoms with Crippen molar-refractivity contribution >= 4 is 11.5 Å². The van der Waals surface area contributed by atoms with E-state index in [1.807, 2.05) is 23.1 Å². The Hall–Kier alpha value is -3.46. The lowest BCUT2D eigenvalue weighted by Crippen LogP contribution is -2.46. The molecule has 5 rings (SSSR count). The van der Waals surface area contributed by atoms with Crippen molar-refractivity contribution in [3.63, 3.8) is 0 Å². The normalized spacial score (nSPS) is 15.3. The highest BCUT2D eigenvalue weighted by Crippen LogP contribution is 2.39. The predicted octanol–water partition coefficient (Wildman–Crippen LogP) is 5.18. The van der Waals surface area contributed by atoms with Crippen molar-refractivity contribution in [2.24, 2.45) is 0 Å². The molecule has 0 spiro atoms. The zero-order valence-electron chi connectivity index (χ0n) is 18.6. The van der Waals surface area contributed by atoms with E-state index in [2.05, 4.69) is 27.1 Å². The molecule has 1 saturated heterocycles. The molecule has 0 unspecified atom stereocenters. The third-order valence-electron chi connectivity index (χ3n) is 6.04. The second kappa shape index (κ2) is 8.72. The first-order valence-corrected chi connectivity index (χ1v) is 11.0. The molecule has 3 heterocycles. The summed E-state index contributed by atoms with van der Waals surface area (Å²) in [5, 5.41) is 3.97. The first-order valence-electron chi connectivity index (χ1n) is 11.0. The van der Waals surface area contributed by atoms with Gasteiger partial charge in [-0.2, -0.15) is 22.8 Å². The fraction of sp³-hybridized carbons (Fsp3) is 0.280. The second-order valence-electron chi connectivity index (χ2n) is 8.47. The van der Waals surface area contributed by atoms with Gasteiger partial charge < -0.3 is 4.90 Å². The minimum atomic E-state index is -4.68. The zero-order chi connectivity index (χ0) is 23.9. The number of halogens is 4. The molecule has 4 aromatic rings. The molecule has 2 aromatic heterocycles. The van der Waals surface area contributed by atoms with E-state index < -0.39 is 17.7 Å². The highest BCUT2D eigenvalue weighted by atomic mass is 19.4. The standard InChI is InChI=1S/C25H23F4N5/c1-17-15-21(33-13-11-32(12-14-33)16-18-5-3-2-4-6-18)34-24(30-17)22(23(31-34)25(27,28)29)19-7-9-20(26)10-8-19/h2-10,15H,11-14,16H2,1H3. The number of fused-ring (bicyclic) bond motifs is 1. The van der Waals surface area contributed by atoms with Crippen molar-refractivity contribution in [1.82, 2.24) is 19.5 Å². The van der Waals surface area contributed by atoms with Crippen LogP contribution in [0.15, 0.2) is 60.7 Å². The Balaban J connectivity index is 1.51. The first-order chi connectivity index (χ1) is 16.3. The molecule has 0 radical (unpaired) electrons. The van der Waals surface area contributed by atoms with Gasteiger partial charge >= 0.3 is 6.18 Å². The van der Waals surface area contributed by atoms with Gasteiger partial charge in [0.2, 0.25) is 0 Å². The first kappa shape index (κ1) is 22.3. The third kappa shape index (κ3) is 4.35. The number of rotatable bonds is 4. The summed E-state index contributed by atoms with van der Waals surface area (Å²) in [5.41, 5.74) is 0.984. The quantitative estimate of drug-likeness (QED) is 0.386. The van der Waals surface area contributed by atoms with Crippen LogP contribution in [0, 0.1) is 12.7 Å². The van der Waals surface area contributed by atoms with E-state index in [0.29, 0.717) is 24.6 Å². The highest BCUT2D eigenvalue weighted by Gasteiger charge is 2.39. The van der Waals surface area contributed by atoms with Crippen LogP contribution in [0.5, 0.6) is 0 Å². The van der Waals surface area contributed by atoms with Crippen LogP contribution in [0.1, 0.15) is 17.0 Å². The molecule has 1 fully saturated rings. The van der Waals surface area contributed by atoms with Gasteiger partial charge in [0.05, 0.1) is 5.56 Å². The van der Waals surface area contributed by atoms with Crippen molar-refractivity contribution in [3.8, 4) is 11.1 Å². The number of piperazine rings is 1. The Kier molecular flexibility index (Phi) is 5.73. The fourth-order valence-electron chi connectivity index (χ4n) is 4.40. The Morgan fingerprint density at radius 1 is 0.912 bits per heavy atom. The van der Waals surface area contributed by atoms with Gasteiger partial charge in [0.1, 0.15) is 11.6 Å². The van der Waals surface area contributed by atoms with Crippen LogP contribution in [0.3, 0.4) is 0 Å². The van der Waals surface area contributed by atoms with Crippen LogP contribution in [0.2, 0.25) is 0 Å². The average Bonchev–Trinajstić information content (AvgIpc) is 3.20. The summed E-state index contributed by atoms with van der Waals surface area (Å²) >= 11 is 0. The van der Waals surface area contributed by atoms with Gasteiger partial charge in [-0.15, -0.1) is 0 Å². The Morgan fingerprint density at radius 2 is 1.59 bits per heavy atom. The topological polar surface area (TPSA) is 36.7 Å². The molecule has 0 saturated carbocycles. The smallest absolute Gasteiger partial charge is 0.354 e. The summed E-state index contributed by atoms with van der Waals surface area (Å²) in [6.45, 7) is 5.43. The molecule has 0 bridgehead atoms. The second-order valence-corrected chi connectivity index (χ2v) is 8.47. The van der Waals surface area contributed by atoms with Crippen molar-refractivity contribution in [2.45, 2.75) is 19.6 Å². The van der Waals surface area contributed by atoms with Gasteiger partial charge in [0.15, 0.2) is 11.3 Å². The Morgan fingerprint density at radius 3 is 2.24 bits per heavy atom. The number of alkyl halides is 3. The summed E-state index contributed by atoms with van der Waals surface area (Å²) in [4.78, 5) is 8.78. The summed E-state index contributed by atoms with van der Waals surface area (Å²) in [7, 11) is 0. The molecule has 5 nitrogen and oxygen atoms in total. The van der Waals surface area contributed by atoms with Gasteiger partial charge in [0.25, 0.3) is 0 Å². The maximum absolute atomic E-state index is 14.0. The molecule has 0 aliphatic carbocycles. The van der Waals surface area contributed by atoms with E-state index >= 15 is 0 Å². The predicted molar refractivity (Wildman–Crippen MR) is 122 cm³/mol. The van der Waals surface area contributed by atoms with Crippen molar-refractivity contribution in [2.75, 3.05) is 31.1 Å². The number of aryl methyl sites for hydroxylation is 1. The van der Waals surface area contributed by atoms with Crippen LogP contribution in [0.4, 0.5) is 23.4 Å². The summed E-state index contributed by atoms with van der Waals surface area (Å²) in [6, 6.07) is 16.9. The van der Waals surface area contributed by atoms with Crippen LogP contribution in [-0.2, 0) is 12.7 Å². The SMILES string of the molecule is Cc1cc(N2CCN(Cc3ccccc3)CC2)n2nc(C(F)(F)F)c(-c3ccc(F)cc3)c2n1. The molecule has 0 amide bonds. The molecule has 1 aliphatic rings. The molecule has 0 N–H and O–H groups in total. The molecular weight excluding hydrogens is 446 g/mol. The number of hydrogen-bond donors (Lipinski definition) is 0. The van der Waals surface area contributed by atoms with E-state index in [0.717, 1.165) is 31.8 Å². The molecule has 1 aliphatic heterocycles. The third-order valence-corrected chi connectivity index (χ3v) is 6.04. The van der Waals surface area contributed by atoms with Crippen molar-refractivity contribution < 1.29 is 17.6 Å². The fourth-order valence-corrected chi connectivity index (χ4v) is 4.40. The maximum atomic E-state index is 14.0. The summed E-state index contributed by atoms with van der Waals surface area (Å²) in [6.07, 6.45) is -4.68. The summed E-state index contributed by atoms with van der Waals surface area (Å²) < 4.78 is 56.7. The number of anilines is 1. The van der Waals surface area contributed by atoms with Gasteiger partial charge in [-0.3, -0.25) is 4.90 Å². The van der Waals surface area contributed by atoms with E-state index in [4.69, 9.17) is 0 Å². The van der Waals surface area contributed by atoms with Gasteiger partial charge in [-0.1, -0.05) is 42.5 Å². The van der Waals surface area contributed by atoms with Crippen molar-refractivity contribution in [3.05, 3.63) is 83.4 Å². The molecule has 9 heteroatoms. The van der Waals surface area contributed by atoms with Gasteiger partial charge in [-0.05, 0) is 30.2 Å². The number of nitrogens with zero attached hydrogens (tertiary/aromatic N) is 5. The van der Waals surface area contributed by atoms with E-state index in [9.17, 15) is 17.6 Å². The Labute approximate surface area is 194 Å². The molecule has 34 heavy (non-hydrogen) atoms. The maximum Gasteiger partial charge on any atom is 0.435 e. The van der Waals surface area contributed by atoms with Crippen LogP contribution in [0.25, 0.3) is 16.8 Å². The molecular formula is C25H23F4N5. The lowest BCUT2D eigenvalue weighted by molar-refractivity contribution is -0.140. The van der Waals surface area contributed by atoms with Crippen LogP contribution < -0.4 is 4.90 Å². The van der Waals surface area contributed by atoms with E-state index in [-0.39, 0.29) is 16.8 Å². The van der Waals surface area contributed by atoms with Crippen molar-refractivity contribution in [1.29, 1.82) is 0 Å². The lowest BCUT2D eigenvalue weighted by atomic mass is 10.1. The van der Waals surface area contributed by atoms with Gasteiger partial charge in [-0.25, -0.2) is 9.37 Å². The number of benzene rings is 2. The minimum Gasteiger partial charge on any atom is -0.354 e. The number of aromatic nitrogens is 3. The molecule has 0 atom stereocenters.